The van der Waals surface area contributed by atoms with Crippen molar-refractivity contribution >= 4 is 7.91 Å². The van der Waals surface area contributed by atoms with Crippen LogP contribution in [0.15, 0.2) is 30.3 Å². The Hall–Kier alpha value is -1.07. The van der Waals surface area contributed by atoms with Crippen LogP contribution in [0.25, 0.3) is 0 Å². The fourth-order valence-electron chi connectivity index (χ4n) is 0.784. The standard InChI is InChI=1S/C8H7F4O3P/c9-8(10,11)6-14-16(12,13)15-7-4-2-1-3-5-7/h1-5H,6H2. The zero-order valence-corrected chi connectivity index (χ0v) is 8.67. The first-order chi connectivity index (χ1) is 7.29. The van der Waals surface area contributed by atoms with Gasteiger partial charge >= 0.3 is 14.1 Å². The number of hydrogen-bond acceptors (Lipinski definition) is 3. The Kier molecular flexibility index (Phi) is 3.93. The summed E-state index contributed by atoms with van der Waals surface area (Å²) in [6, 6.07) is 6.94. The van der Waals surface area contributed by atoms with E-state index in [9.17, 15) is 21.9 Å². The van der Waals surface area contributed by atoms with E-state index < -0.39 is 20.7 Å². The second-order valence-corrected chi connectivity index (χ2v) is 4.03. The average molecular weight is 258 g/mol. The van der Waals surface area contributed by atoms with E-state index in [4.69, 9.17) is 0 Å². The van der Waals surface area contributed by atoms with Crippen LogP contribution in [0.1, 0.15) is 0 Å². The Labute approximate surface area is 88.6 Å². The van der Waals surface area contributed by atoms with E-state index >= 15 is 0 Å². The maximum absolute atomic E-state index is 12.9. The fraction of sp³-hybridized carbons (Fsp3) is 0.250. The summed E-state index contributed by atoms with van der Waals surface area (Å²) in [4.78, 5) is 0. The van der Waals surface area contributed by atoms with Gasteiger partial charge in [0.05, 0.1) is 0 Å². The normalized spacial score (nSPS) is 15.5. The SMILES string of the molecule is O=P(F)(OCC(F)(F)F)Oc1ccccc1. The molecule has 0 saturated carbocycles. The van der Waals surface area contributed by atoms with Crippen LogP contribution in [-0.4, -0.2) is 12.8 Å². The van der Waals surface area contributed by atoms with E-state index in [0.717, 1.165) is 0 Å². The van der Waals surface area contributed by atoms with Gasteiger partial charge in [0, 0.05) is 0 Å². The van der Waals surface area contributed by atoms with Crippen LogP contribution in [0, 0.1) is 0 Å². The predicted octanol–water partition coefficient (Wildman–Crippen LogP) is 3.72. The zero-order valence-electron chi connectivity index (χ0n) is 7.78. The summed E-state index contributed by atoms with van der Waals surface area (Å²) in [6.45, 7) is -1.96. The molecule has 16 heavy (non-hydrogen) atoms. The first kappa shape index (κ1) is 13.0. The van der Waals surface area contributed by atoms with Gasteiger partial charge in [-0.3, -0.25) is 4.52 Å². The summed E-state index contributed by atoms with van der Waals surface area (Å²) >= 11 is 0. The van der Waals surface area contributed by atoms with Gasteiger partial charge in [-0.15, -0.1) is 4.20 Å². The van der Waals surface area contributed by atoms with E-state index in [1.54, 1.807) is 6.07 Å². The number of benzene rings is 1. The van der Waals surface area contributed by atoms with Crippen molar-refractivity contribution in [3.05, 3.63) is 30.3 Å². The van der Waals surface area contributed by atoms with E-state index in [0.29, 0.717) is 0 Å². The Morgan fingerprint density at radius 3 is 2.25 bits per heavy atom. The molecule has 0 heterocycles. The quantitative estimate of drug-likeness (QED) is 0.609. The van der Waals surface area contributed by atoms with Crippen LogP contribution in [0.4, 0.5) is 17.4 Å². The van der Waals surface area contributed by atoms with Gasteiger partial charge in [0.1, 0.15) is 5.75 Å². The maximum Gasteiger partial charge on any atom is 0.570 e. The van der Waals surface area contributed by atoms with Gasteiger partial charge < -0.3 is 4.52 Å². The maximum atomic E-state index is 12.9. The number of rotatable bonds is 4. The molecule has 1 aromatic carbocycles. The lowest BCUT2D eigenvalue weighted by Gasteiger charge is -2.12. The monoisotopic (exact) mass is 258 g/mol. The van der Waals surface area contributed by atoms with Gasteiger partial charge in [-0.25, -0.2) is 4.57 Å². The van der Waals surface area contributed by atoms with Crippen molar-refractivity contribution in [3.8, 4) is 5.75 Å². The minimum atomic E-state index is -5.23. The van der Waals surface area contributed by atoms with Gasteiger partial charge in [0.15, 0.2) is 6.61 Å². The summed E-state index contributed by atoms with van der Waals surface area (Å²) in [5, 5.41) is 0. The van der Waals surface area contributed by atoms with Crippen molar-refractivity contribution in [1.82, 2.24) is 0 Å². The molecule has 0 bridgehead atoms. The van der Waals surface area contributed by atoms with Crippen molar-refractivity contribution in [2.24, 2.45) is 0 Å². The minimum Gasteiger partial charge on any atom is -0.401 e. The Balaban J connectivity index is 2.56. The molecular weight excluding hydrogens is 251 g/mol. The summed E-state index contributed by atoms with van der Waals surface area (Å²) in [5.74, 6) is -0.171. The number of alkyl halides is 3. The van der Waals surface area contributed by atoms with Crippen molar-refractivity contribution in [2.45, 2.75) is 6.18 Å². The third-order valence-corrected chi connectivity index (χ3v) is 2.21. The molecule has 1 unspecified atom stereocenters. The molecule has 8 heteroatoms. The largest absolute Gasteiger partial charge is 0.570 e. The molecule has 1 atom stereocenters. The van der Waals surface area contributed by atoms with E-state index in [2.05, 4.69) is 9.05 Å². The first-order valence-corrected chi connectivity index (χ1v) is 5.47. The topological polar surface area (TPSA) is 35.5 Å². The Morgan fingerprint density at radius 1 is 1.19 bits per heavy atom. The van der Waals surface area contributed by atoms with E-state index in [1.165, 1.54) is 24.3 Å². The van der Waals surface area contributed by atoms with Crippen molar-refractivity contribution in [1.29, 1.82) is 0 Å². The van der Waals surface area contributed by atoms with Gasteiger partial charge in [-0.05, 0) is 12.1 Å². The lowest BCUT2D eigenvalue weighted by atomic mass is 10.3. The first-order valence-electron chi connectivity index (χ1n) is 4.04. The molecule has 0 radical (unpaired) electrons. The van der Waals surface area contributed by atoms with Gasteiger partial charge in [-0.1, -0.05) is 18.2 Å². The molecule has 0 fully saturated rings. The number of para-hydroxylation sites is 1. The highest BCUT2D eigenvalue weighted by Gasteiger charge is 2.35. The average Bonchev–Trinajstić information content (AvgIpc) is 2.15. The van der Waals surface area contributed by atoms with Gasteiger partial charge in [0.2, 0.25) is 0 Å². The van der Waals surface area contributed by atoms with Crippen molar-refractivity contribution in [2.75, 3.05) is 6.61 Å². The van der Waals surface area contributed by atoms with Crippen molar-refractivity contribution in [3.63, 3.8) is 0 Å². The second-order valence-electron chi connectivity index (χ2n) is 2.72. The lowest BCUT2D eigenvalue weighted by molar-refractivity contribution is -0.155. The van der Waals surface area contributed by atoms with E-state index in [1.807, 2.05) is 0 Å². The van der Waals surface area contributed by atoms with E-state index in [-0.39, 0.29) is 5.75 Å². The molecule has 0 amide bonds. The van der Waals surface area contributed by atoms with Crippen LogP contribution < -0.4 is 4.52 Å². The molecule has 0 spiro atoms. The van der Waals surface area contributed by atoms with Crippen LogP contribution >= 0.6 is 7.91 Å². The van der Waals surface area contributed by atoms with Gasteiger partial charge in [-0.2, -0.15) is 13.2 Å². The third kappa shape index (κ3) is 5.14. The highest BCUT2D eigenvalue weighted by Crippen LogP contribution is 2.50. The third-order valence-electron chi connectivity index (χ3n) is 1.34. The summed E-state index contributed by atoms with van der Waals surface area (Å²) in [5.41, 5.74) is 0. The summed E-state index contributed by atoms with van der Waals surface area (Å²) in [7, 11) is -5.23. The predicted molar refractivity (Wildman–Crippen MR) is 47.8 cm³/mol. The molecule has 1 aromatic rings. The van der Waals surface area contributed by atoms with Crippen LogP contribution in [0.3, 0.4) is 0 Å². The molecule has 0 aliphatic carbocycles. The Bertz CT molecular complexity index is 379. The van der Waals surface area contributed by atoms with Gasteiger partial charge in [0.25, 0.3) is 0 Å². The highest BCUT2D eigenvalue weighted by molar-refractivity contribution is 7.48. The minimum absolute atomic E-state index is 0.171. The zero-order chi connectivity index (χ0) is 12.2. The molecule has 90 valence electrons. The van der Waals surface area contributed by atoms with Crippen LogP contribution in [0.2, 0.25) is 0 Å². The number of halogens is 4. The molecule has 0 aliphatic rings. The molecular formula is C8H7F4O3P. The fourth-order valence-corrected chi connectivity index (χ4v) is 1.51. The number of hydrogen-bond donors (Lipinski definition) is 0. The molecule has 0 saturated heterocycles. The summed E-state index contributed by atoms with van der Waals surface area (Å²) < 4.78 is 66.4. The second kappa shape index (κ2) is 4.84. The van der Waals surface area contributed by atoms with Crippen LogP contribution in [0.5, 0.6) is 5.75 Å². The van der Waals surface area contributed by atoms with Crippen molar-refractivity contribution < 1.29 is 31.0 Å². The summed E-state index contributed by atoms with van der Waals surface area (Å²) in [6.07, 6.45) is -4.76. The molecule has 0 N–H and O–H groups in total. The smallest absolute Gasteiger partial charge is 0.401 e. The molecule has 1 rings (SSSR count). The molecule has 0 aromatic heterocycles. The highest BCUT2D eigenvalue weighted by atomic mass is 31.2. The molecule has 0 aliphatic heterocycles. The van der Waals surface area contributed by atoms with Crippen LogP contribution in [-0.2, 0) is 9.09 Å². The molecule has 3 nitrogen and oxygen atoms in total. The Morgan fingerprint density at radius 2 is 1.75 bits per heavy atom. The lowest BCUT2D eigenvalue weighted by Crippen LogP contribution is -2.16.